The quantitative estimate of drug-likeness (QED) is 0.913. The molecule has 20 heavy (non-hydrogen) atoms. The van der Waals surface area contributed by atoms with Gasteiger partial charge in [-0.05, 0) is 48.3 Å². The first-order valence-electron chi connectivity index (χ1n) is 7.09. The summed E-state index contributed by atoms with van der Waals surface area (Å²) in [6.07, 6.45) is 1.41. The van der Waals surface area contributed by atoms with Gasteiger partial charge in [0.25, 0.3) is 0 Å². The summed E-state index contributed by atoms with van der Waals surface area (Å²) in [5.41, 5.74) is 1.32. The molecule has 0 aromatic heterocycles. The molecule has 1 aromatic rings. The van der Waals surface area contributed by atoms with E-state index in [0.29, 0.717) is 18.8 Å². The largest absolute Gasteiger partial charge is 0.496 e. The Bertz CT molecular complexity index is 520. The molecule has 1 aliphatic carbocycles. The van der Waals surface area contributed by atoms with Crippen molar-refractivity contribution in [2.75, 3.05) is 7.11 Å². The molecule has 0 aliphatic heterocycles. The third-order valence-electron chi connectivity index (χ3n) is 4.78. The van der Waals surface area contributed by atoms with Gasteiger partial charge in [0, 0.05) is 0 Å². The minimum Gasteiger partial charge on any atom is -0.496 e. The Morgan fingerprint density at radius 1 is 1.35 bits per heavy atom. The van der Waals surface area contributed by atoms with Gasteiger partial charge in [-0.2, -0.15) is 0 Å². The maximum absolute atomic E-state index is 11.8. The van der Waals surface area contributed by atoms with Crippen LogP contribution in [0.4, 0.5) is 0 Å². The highest BCUT2D eigenvalue weighted by molar-refractivity contribution is 5.83. The number of hydrogen-bond acceptors (Lipinski definition) is 2. The maximum atomic E-state index is 11.8. The van der Waals surface area contributed by atoms with Crippen LogP contribution in [0.1, 0.15) is 44.7 Å². The lowest BCUT2D eigenvalue weighted by atomic mass is 9.52. The first kappa shape index (κ1) is 14.9. The maximum Gasteiger partial charge on any atom is 0.314 e. The van der Waals surface area contributed by atoms with Gasteiger partial charge < -0.3 is 9.84 Å². The Labute approximate surface area is 121 Å². The fourth-order valence-electron chi connectivity index (χ4n) is 3.05. The van der Waals surface area contributed by atoms with Crippen LogP contribution < -0.4 is 4.74 Å². The van der Waals surface area contributed by atoms with Crippen LogP contribution in [0.15, 0.2) is 18.2 Å². The van der Waals surface area contributed by atoms with Crippen molar-refractivity contribution in [1.29, 1.82) is 0 Å². The zero-order chi connectivity index (χ0) is 15.1. The zero-order valence-electron chi connectivity index (χ0n) is 13.0. The highest BCUT2D eigenvalue weighted by Gasteiger charge is 2.54. The summed E-state index contributed by atoms with van der Waals surface area (Å²) < 4.78 is 5.33. The van der Waals surface area contributed by atoms with E-state index in [1.165, 1.54) is 0 Å². The SMILES string of the molecule is COc1cc(C2(C(=O)O)CC(C(C)(C)C)C2)ccc1C. The Morgan fingerprint density at radius 2 is 1.95 bits per heavy atom. The van der Waals surface area contributed by atoms with Crippen molar-refractivity contribution < 1.29 is 14.6 Å². The molecule has 3 nitrogen and oxygen atoms in total. The highest BCUT2D eigenvalue weighted by Crippen LogP contribution is 2.55. The summed E-state index contributed by atoms with van der Waals surface area (Å²) in [4.78, 5) is 11.8. The second-order valence-electron chi connectivity index (χ2n) is 7.04. The van der Waals surface area contributed by atoms with Crippen LogP contribution in [0.3, 0.4) is 0 Å². The summed E-state index contributed by atoms with van der Waals surface area (Å²) in [6.45, 7) is 8.51. The summed E-state index contributed by atoms with van der Waals surface area (Å²) >= 11 is 0. The molecule has 0 radical (unpaired) electrons. The second-order valence-corrected chi connectivity index (χ2v) is 7.04. The van der Waals surface area contributed by atoms with Gasteiger partial charge in [0.15, 0.2) is 0 Å². The zero-order valence-corrected chi connectivity index (χ0v) is 13.0. The summed E-state index contributed by atoms with van der Waals surface area (Å²) in [7, 11) is 1.62. The molecule has 110 valence electrons. The minimum atomic E-state index is -0.737. The molecule has 0 saturated heterocycles. The lowest BCUT2D eigenvalue weighted by Crippen LogP contribution is -2.51. The van der Waals surface area contributed by atoms with E-state index in [1.54, 1.807) is 7.11 Å². The first-order valence-corrected chi connectivity index (χ1v) is 7.09. The molecule has 2 rings (SSSR count). The van der Waals surface area contributed by atoms with Crippen molar-refractivity contribution in [2.45, 2.75) is 46.0 Å². The van der Waals surface area contributed by atoms with Gasteiger partial charge in [0.1, 0.15) is 5.75 Å². The van der Waals surface area contributed by atoms with E-state index < -0.39 is 11.4 Å². The van der Waals surface area contributed by atoms with Gasteiger partial charge in [-0.15, -0.1) is 0 Å². The van der Waals surface area contributed by atoms with Crippen LogP contribution in [0.5, 0.6) is 5.75 Å². The number of ether oxygens (including phenoxy) is 1. The standard InChI is InChI=1S/C17H24O3/c1-11-6-7-12(8-14(11)20-5)17(15(18)19)9-13(10-17)16(2,3)4/h6-8,13H,9-10H2,1-5H3,(H,18,19). The molecule has 1 aromatic carbocycles. The van der Waals surface area contributed by atoms with Crippen LogP contribution in [-0.2, 0) is 10.2 Å². The molecule has 1 saturated carbocycles. The molecular formula is C17H24O3. The van der Waals surface area contributed by atoms with E-state index in [2.05, 4.69) is 20.8 Å². The molecule has 0 amide bonds. The molecule has 1 aliphatic rings. The number of aryl methyl sites for hydroxylation is 1. The van der Waals surface area contributed by atoms with Crippen molar-refractivity contribution in [2.24, 2.45) is 11.3 Å². The second kappa shape index (κ2) is 4.80. The minimum absolute atomic E-state index is 0.160. The van der Waals surface area contributed by atoms with Gasteiger partial charge in [-0.1, -0.05) is 32.9 Å². The molecule has 0 unspecified atom stereocenters. The summed E-state index contributed by atoms with van der Waals surface area (Å²) in [5.74, 6) is 0.497. The molecule has 0 atom stereocenters. The van der Waals surface area contributed by atoms with E-state index in [1.807, 2.05) is 25.1 Å². The summed E-state index contributed by atoms with van der Waals surface area (Å²) in [6, 6.07) is 5.77. The van der Waals surface area contributed by atoms with Crippen molar-refractivity contribution in [3.8, 4) is 5.75 Å². The number of methoxy groups -OCH3 is 1. The van der Waals surface area contributed by atoms with Gasteiger partial charge in [0.2, 0.25) is 0 Å². The van der Waals surface area contributed by atoms with Crippen LogP contribution in [0, 0.1) is 18.3 Å². The molecule has 1 fully saturated rings. The number of hydrogen-bond donors (Lipinski definition) is 1. The van der Waals surface area contributed by atoms with E-state index >= 15 is 0 Å². The topological polar surface area (TPSA) is 46.5 Å². The van der Waals surface area contributed by atoms with E-state index in [9.17, 15) is 9.90 Å². The third-order valence-corrected chi connectivity index (χ3v) is 4.78. The van der Waals surface area contributed by atoms with E-state index in [4.69, 9.17) is 4.74 Å². The van der Waals surface area contributed by atoms with Crippen molar-refractivity contribution in [1.82, 2.24) is 0 Å². The molecule has 0 spiro atoms. The fourth-order valence-corrected chi connectivity index (χ4v) is 3.05. The van der Waals surface area contributed by atoms with Crippen LogP contribution in [-0.4, -0.2) is 18.2 Å². The summed E-state index contributed by atoms with van der Waals surface area (Å²) in [5, 5.41) is 9.71. The average molecular weight is 276 g/mol. The number of carbonyl (C=O) groups is 1. The molecule has 3 heteroatoms. The van der Waals surface area contributed by atoms with Crippen LogP contribution in [0.2, 0.25) is 0 Å². The Balaban J connectivity index is 2.35. The Kier molecular flexibility index (Phi) is 3.57. The lowest BCUT2D eigenvalue weighted by molar-refractivity contribution is -0.152. The van der Waals surface area contributed by atoms with E-state index in [0.717, 1.165) is 16.9 Å². The molecule has 0 bridgehead atoms. The lowest BCUT2D eigenvalue weighted by Gasteiger charge is -2.50. The molecular weight excluding hydrogens is 252 g/mol. The predicted molar refractivity (Wildman–Crippen MR) is 79.2 cm³/mol. The van der Waals surface area contributed by atoms with Crippen LogP contribution in [0.25, 0.3) is 0 Å². The number of rotatable bonds is 3. The van der Waals surface area contributed by atoms with Crippen molar-refractivity contribution in [3.63, 3.8) is 0 Å². The van der Waals surface area contributed by atoms with Gasteiger partial charge >= 0.3 is 5.97 Å². The molecule has 1 N–H and O–H groups in total. The van der Waals surface area contributed by atoms with Crippen molar-refractivity contribution >= 4 is 5.97 Å². The van der Waals surface area contributed by atoms with Gasteiger partial charge in [-0.3, -0.25) is 4.79 Å². The number of benzene rings is 1. The first-order chi connectivity index (χ1) is 9.20. The monoisotopic (exact) mass is 276 g/mol. The Morgan fingerprint density at radius 3 is 2.40 bits per heavy atom. The van der Waals surface area contributed by atoms with Gasteiger partial charge in [-0.25, -0.2) is 0 Å². The van der Waals surface area contributed by atoms with Crippen LogP contribution >= 0.6 is 0 Å². The average Bonchev–Trinajstić information content (AvgIpc) is 2.27. The third kappa shape index (κ3) is 2.30. The Hall–Kier alpha value is -1.51. The van der Waals surface area contributed by atoms with Gasteiger partial charge in [0.05, 0.1) is 12.5 Å². The molecule has 0 heterocycles. The predicted octanol–water partition coefficient (Wildman–Crippen LogP) is 3.78. The normalized spacial score (nSPS) is 25.9. The van der Waals surface area contributed by atoms with Crippen molar-refractivity contribution in [3.05, 3.63) is 29.3 Å². The number of carboxylic acids is 1. The fraction of sp³-hybridized carbons (Fsp3) is 0.588. The highest BCUT2D eigenvalue weighted by atomic mass is 16.5. The number of aliphatic carboxylic acids is 1. The number of carboxylic acid groups (broad SMARTS) is 1. The van der Waals surface area contributed by atoms with E-state index in [-0.39, 0.29) is 5.41 Å². The smallest absolute Gasteiger partial charge is 0.314 e.